The van der Waals surface area contributed by atoms with Crippen molar-refractivity contribution in [2.45, 2.75) is 26.2 Å². The Morgan fingerprint density at radius 1 is 1.32 bits per heavy atom. The predicted molar refractivity (Wildman–Crippen MR) is 91.5 cm³/mol. The summed E-state index contributed by atoms with van der Waals surface area (Å²) in [6, 6.07) is 9.64. The lowest BCUT2D eigenvalue weighted by Crippen LogP contribution is -2.47. The minimum atomic E-state index is -1.06. The van der Waals surface area contributed by atoms with Gasteiger partial charge in [0.25, 0.3) is 0 Å². The predicted octanol–water partition coefficient (Wildman–Crippen LogP) is 2.25. The van der Waals surface area contributed by atoms with Crippen molar-refractivity contribution in [3.05, 3.63) is 48.2 Å². The molecular formula is C19H23NO5. The van der Waals surface area contributed by atoms with E-state index in [0.717, 1.165) is 5.56 Å². The normalized spacial score (nSPS) is 20.4. The molecule has 0 aromatic heterocycles. The van der Waals surface area contributed by atoms with E-state index in [-0.39, 0.29) is 25.4 Å². The van der Waals surface area contributed by atoms with Crippen LogP contribution in [0.1, 0.15) is 25.3 Å². The monoisotopic (exact) mass is 345 g/mol. The summed E-state index contributed by atoms with van der Waals surface area (Å²) < 4.78 is 5.07. The zero-order valence-electron chi connectivity index (χ0n) is 14.3. The maximum atomic E-state index is 12.7. The van der Waals surface area contributed by atoms with Crippen molar-refractivity contribution < 1.29 is 24.2 Å². The highest BCUT2D eigenvalue weighted by Gasteiger charge is 2.41. The number of hydrogen-bond donors (Lipinski definition) is 1. The van der Waals surface area contributed by atoms with Crippen LogP contribution in [0.25, 0.3) is 0 Å². The molecule has 1 aliphatic heterocycles. The van der Waals surface area contributed by atoms with Gasteiger partial charge in [-0.3, -0.25) is 14.4 Å². The van der Waals surface area contributed by atoms with Crippen LogP contribution in [-0.2, 0) is 25.5 Å². The highest BCUT2D eigenvalue weighted by atomic mass is 16.5. The van der Waals surface area contributed by atoms with Crippen LogP contribution in [0.4, 0.5) is 0 Å². The standard InChI is InChI=1S/C19H23NO5/c1-3-25-19(24)16-11-15(12-17(21)22)18(23)20(13(16)2)10-9-14-7-5-4-6-8-14/h4-8,15-16H,2-3,9-12H2,1H3,(H,21,22)/t15-,16+/m0/s1. The van der Waals surface area contributed by atoms with E-state index in [0.29, 0.717) is 18.7 Å². The Bertz CT molecular complexity index is 655. The number of piperidine rings is 1. The van der Waals surface area contributed by atoms with Crippen LogP contribution in [0.2, 0.25) is 0 Å². The lowest BCUT2D eigenvalue weighted by Gasteiger charge is -2.37. The van der Waals surface area contributed by atoms with Gasteiger partial charge in [0.05, 0.1) is 24.9 Å². The van der Waals surface area contributed by atoms with Crippen LogP contribution < -0.4 is 0 Å². The number of likely N-dealkylation sites (tertiary alicyclic amines) is 1. The number of hydrogen-bond acceptors (Lipinski definition) is 4. The fourth-order valence-electron chi connectivity index (χ4n) is 3.07. The minimum Gasteiger partial charge on any atom is -0.481 e. The number of nitrogens with zero attached hydrogens (tertiary/aromatic N) is 1. The largest absolute Gasteiger partial charge is 0.481 e. The van der Waals surface area contributed by atoms with Gasteiger partial charge in [-0.15, -0.1) is 0 Å². The Morgan fingerprint density at radius 3 is 2.60 bits per heavy atom. The maximum Gasteiger partial charge on any atom is 0.314 e. The highest BCUT2D eigenvalue weighted by molar-refractivity contribution is 5.89. The Balaban J connectivity index is 2.17. The summed E-state index contributed by atoms with van der Waals surface area (Å²) in [7, 11) is 0. The molecule has 0 spiro atoms. The number of ether oxygens (including phenoxy) is 1. The van der Waals surface area contributed by atoms with Crippen molar-refractivity contribution in [3.8, 4) is 0 Å². The molecule has 134 valence electrons. The van der Waals surface area contributed by atoms with Gasteiger partial charge in [0, 0.05) is 12.2 Å². The lowest BCUT2D eigenvalue weighted by molar-refractivity contribution is -0.154. The van der Waals surface area contributed by atoms with Crippen molar-refractivity contribution in [1.29, 1.82) is 0 Å². The molecule has 0 aliphatic carbocycles. The summed E-state index contributed by atoms with van der Waals surface area (Å²) in [5, 5.41) is 9.06. The number of amides is 1. The van der Waals surface area contributed by atoms with Crippen molar-refractivity contribution in [2.75, 3.05) is 13.2 Å². The zero-order chi connectivity index (χ0) is 18.4. The first kappa shape index (κ1) is 18.7. The molecule has 0 saturated carbocycles. The second kappa shape index (κ2) is 8.46. The van der Waals surface area contributed by atoms with E-state index < -0.39 is 23.8 Å². The van der Waals surface area contributed by atoms with Crippen LogP contribution >= 0.6 is 0 Å². The van der Waals surface area contributed by atoms with E-state index in [1.807, 2.05) is 30.3 Å². The van der Waals surface area contributed by atoms with Gasteiger partial charge in [0.2, 0.25) is 5.91 Å². The van der Waals surface area contributed by atoms with Crippen molar-refractivity contribution >= 4 is 17.8 Å². The molecule has 1 aliphatic rings. The molecular weight excluding hydrogens is 322 g/mol. The van der Waals surface area contributed by atoms with E-state index in [1.54, 1.807) is 6.92 Å². The second-order valence-corrected chi connectivity index (χ2v) is 6.05. The van der Waals surface area contributed by atoms with E-state index in [2.05, 4.69) is 6.58 Å². The van der Waals surface area contributed by atoms with Crippen LogP contribution in [0.3, 0.4) is 0 Å². The SMILES string of the molecule is C=C1[C@H](C(=O)OCC)C[C@@H](CC(=O)O)C(=O)N1CCc1ccccc1. The summed E-state index contributed by atoms with van der Waals surface area (Å²) in [5.41, 5.74) is 1.44. The first-order chi connectivity index (χ1) is 11.9. The third kappa shape index (κ3) is 4.68. The molecule has 2 atom stereocenters. The fraction of sp³-hybridized carbons (Fsp3) is 0.421. The van der Waals surface area contributed by atoms with E-state index in [4.69, 9.17) is 9.84 Å². The van der Waals surface area contributed by atoms with Gasteiger partial charge < -0.3 is 14.7 Å². The molecule has 1 aromatic rings. The first-order valence-electron chi connectivity index (χ1n) is 8.36. The lowest BCUT2D eigenvalue weighted by atomic mass is 9.84. The van der Waals surface area contributed by atoms with Gasteiger partial charge in [-0.25, -0.2) is 0 Å². The molecule has 1 N–H and O–H groups in total. The average molecular weight is 345 g/mol. The summed E-state index contributed by atoms with van der Waals surface area (Å²) in [4.78, 5) is 37.4. The Kier molecular flexibility index (Phi) is 6.33. The van der Waals surface area contributed by atoms with Crippen molar-refractivity contribution in [1.82, 2.24) is 4.90 Å². The molecule has 6 heteroatoms. The van der Waals surface area contributed by atoms with Gasteiger partial charge >= 0.3 is 11.9 Å². The molecule has 1 fully saturated rings. The van der Waals surface area contributed by atoms with Crippen LogP contribution in [0, 0.1) is 11.8 Å². The summed E-state index contributed by atoms with van der Waals surface area (Å²) in [6.07, 6.45) is 0.426. The van der Waals surface area contributed by atoms with E-state index >= 15 is 0 Å². The van der Waals surface area contributed by atoms with Crippen LogP contribution in [-0.4, -0.2) is 41.0 Å². The number of carbonyl (C=O) groups excluding carboxylic acids is 2. The molecule has 1 heterocycles. The number of esters is 1. The van der Waals surface area contributed by atoms with Crippen LogP contribution in [0.5, 0.6) is 0 Å². The van der Waals surface area contributed by atoms with Gasteiger partial charge in [0.15, 0.2) is 0 Å². The average Bonchev–Trinajstić information content (AvgIpc) is 2.58. The van der Waals surface area contributed by atoms with Gasteiger partial charge in [-0.1, -0.05) is 36.9 Å². The zero-order valence-corrected chi connectivity index (χ0v) is 14.3. The summed E-state index contributed by atoms with van der Waals surface area (Å²) in [5.74, 6) is -3.23. The van der Waals surface area contributed by atoms with Crippen LogP contribution in [0.15, 0.2) is 42.6 Å². The number of aliphatic carboxylic acids is 1. The third-order valence-electron chi connectivity index (χ3n) is 4.34. The molecule has 25 heavy (non-hydrogen) atoms. The quantitative estimate of drug-likeness (QED) is 0.766. The molecule has 1 aromatic carbocycles. The smallest absolute Gasteiger partial charge is 0.314 e. The molecule has 6 nitrogen and oxygen atoms in total. The molecule has 1 saturated heterocycles. The van der Waals surface area contributed by atoms with Crippen molar-refractivity contribution in [2.24, 2.45) is 11.8 Å². The number of carboxylic acids is 1. The Hall–Kier alpha value is -2.63. The van der Waals surface area contributed by atoms with Gasteiger partial charge in [-0.2, -0.15) is 0 Å². The maximum absolute atomic E-state index is 12.7. The highest BCUT2D eigenvalue weighted by Crippen LogP contribution is 2.33. The number of rotatable bonds is 7. The Morgan fingerprint density at radius 2 is 2.00 bits per heavy atom. The number of benzene rings is 1. The minimum absolute atomic E-state index is 0.130. The molecule has 0 unspecified atom stereocenters. The summed E-state index contributed by atoms with van der Waals surface area (Å²) in [6.45, 7) is 6.20. The number of carboxylic acid groups (broad SMARTS) is 1. The topological polar surface area (TPSA) is 83.9 Å². The molecule has 2 rings (SSSR count). The number of carbonyl (C=O) groups is 3. The summed E-state index contributed by atoms with van der Waals surface area (Å²) >= 11 is 0. The van der Waals surface area contributed by atoms with Gasteiger partial charge in [0.1, 0.15) is 0 Å². The fourth-order valence-corrected chi connectivity index (χ4v) is 3.07. The van der Waals surface area contributed by atoms with Crippen molar-refractivity contribution in [3.63, 3.8) is 0 Å². The third-order valence-corrected chi connectivity index (χ3v) is 4.34. The Labute approximate surface area is 147 Å². The first-order valence-corrected chi connectivity index (χ1v) is 8.36. The molecule has 1 amide bonds. The molecule has 0 bridgehead atoms. The second-order valence-electron chi connectivity index (χ2n) is 6.05. The van der Waals surface area contributed by atoms with E-state index in [1.165, 1.54) is 4.90 Å². The van der Waals surface area contributed by atoms with Gasteiger partial charge in [-0.05, 0) is 25.3 Å². The van der Waals surface area contributed by atoms with E-state index in [9.17, 15) is 14.4 Å². The molecule has 0 radical (unpaired) electrons.